The zero-order valence-electron chi connectivity index (χ0n) is 26.2. The van der Waals surface area contributed by atoms with Crippen molar-refractivity contribution in [3.63, 3.8) is 0 Å². The van der Waals surface area contributed by atoms with Crippen LogP contribution in [0, 0.1) is 56.7 Å². The molecule has 40 heavy (non-hydrogen) atoms. The molecule has 2 N–H and O–H groups in total. The maximum atomic E-state index is 14.5. The molecule has 0 saturated heterocycles. The average Bonchev–Trinajstić information content (AvgIpc) is 3.32. The molecule has 0 spiro atoms. The molecule has 5 aliphatic rings. The first-order valence-corrected chi connectivity index (χ1v) is 16.3. The molecule has 224 valence electrons. The topological polar surface area (TPSA) is 60.8 Å². The second kappa shape index (κ2) is 10.1. The van der Waals surface area contributed by atoms with E-state index in [9.17, 15) is 15.0 Å². The number of nitrogens with zero attached hydrogens (tertiary/aromatic N) is 1. The van der Waals surface area contributed by atoms with Gasteiger partial charge in [-0.15, -0.1) is 13.2 Å². The summed E-state index contributed by atoms with van der Waals surface area (Å²) in [4.78, 5) is 16.5. The molecule has 1 amide bonds. The van der Waals surface area contributed by atoms with Gasteiger partial charge in [0.05, 0.1) is 18.1 Å². The van der Waals surface area contributed by atoms with Crippen molar-refractivity contribution in [1.82, 2.24) is 4.90 Å². The third kappa shape index (κ3) is 3.79. The molecular weight excluding hydrogens is 494 g/mol. The largest absolute Gasteiger partial charge is 0.396 e. The first kappa shape index (κ1) is 30.1. The average molecular weight is 552 g/mol. The molecule has 5 rings (SSSR count). The van der Waals surface area contributed by atoms with E-state index in [1.54, 1.807) is 0 Å². The zero-order valence-corrected chi connectivity index (χ0v) is 26.2. The van der Waals surface area contributed by atoms with Gasteiger partial charge in [-0.1, -0.05) is 52.0 Å². The second-order valence-electron chi connectivity index (χ2n) is 15.8. The molecule has 0 aliphatic heterocycles. The standard InChI is InChI=1S/C36H57NO3/c1-9-21-37(22-10-2)31(40)36-18-13-25(24(3)4)30(36)26-11-12-28-32(5)16-15-29(39)33(6,23-38)27(32)14-17-35(28,8)34(26,7)19-20-36/h9-10,25-30,38-39H,1-3,11-23H2,4-8H3/t25-,26?,27?,28?,29-,30?,32-,33-,34+,35+,36-/m0/s1. The Bertz CT molecular complexity index is 1040. The Morgan fingerprint density at radius 1 is 0.875 bits per heavy atom. The molecule has 0 radical (unpaired) electrons. The van der Waals surface area contributed by atoms with Crippen molar-refractivity contribution in [3.8, 4) is 0 Å². The van der Waals surface area contributed by atoms with E-state index in [2.05, 4.69) is 54.4 Å². The van der Waals surface area contributed by atoms with Crippen LogP contribution in [0.25, 0.3) is 0 Å². The van der Waals surface area contributed by atoms with E-state index in [1.807, 2.05) is 17.1 Å². The van der Waals surface area contributed by atoms with Gasteiger partial charge in [-0.2, -0.15) is 0 Å². The summed E-state index contributed by atoms with van der Waals surface area (Å²) >= 11 is 0. The second-order valence-corrected chi connectivity index (χ2v) is 15.8. The number of hydrogen-bond donors (Lipinski definition) is 2. The first-order valence-electron chi connectivity index (χ1n) is 16.3. The van der Waals surface area contributed by atoms with Crippen LogP contribution in [0.1, 0.15) is 98.8 Å². The Labute approximate surface area is 244 Å². The molecule has 5 aliphatic carbocycles. The van der Waals surface area contributed by atoms with E-state index < -0.39 is 11.5 Å². The summed E-state index contributed by atoms with van der Waals surface area (Å²) in [6, 6.07) is 0. The summed E-state index contributed by atoms with van der Waals surface area (Å²) in [5, 5.41) is 21.6. The number of allylic oxidation sites excluding steroid dienone is 1. The van der Waals surface area contributed by atoms with Crippen LogP contribution < -0.4 is 0 Å². The highest BCUT2D eigenvalue weighted by atomic mass is 16.3. The smallest absolute Gasteiger partial charge is 0.229 e. The maximum Gasteiger partial charge on any atom is 0.229 e. The summed E-state index contributed by atoms with van der Waals surface area (Å²) in [5.74, 6) is 2.49. The van der Waals surface area contributed by atoms with Crippen molar-refractivity contribution in [2.75, 3.05) is 19.7 Å². The predicted molar refractivity (Wildman–Crippen MR) is 163 cm³/mol. The quantitative estimate of drug-likeness (QED) is 0.330. The molecule has 5 fully saturated rings. The van der Waals surface area contributed by atoms with Crippen LogP contribution >= 0.6 is 0 Å². The first-order chi connectivity index (χ1) is 18.8. The normalized spacial score (nSPS) is 49.6. The van der Waals surface area contributed by atoms with Crippen molar-refractivity contribution < 1.29 is 15.0 Å². The highest BCUT2D eigenvalue weighted by molar-refractivity contribution is 5.84. The van der Waals surface area contributed by atoms with Crippen molar-refractivity contribution in [3.05, 3.63) is 37.5 Å². The third-order valence-electron chi connectivity index (χ3n) is 14.6. The van der Waals surface area contributed by atoms with Crippen LogP contribution in [0.5, 0.6) is 0 Å². The fraction of sp³-hybridized carbons (Fsp3) is 0.806. The van der Waals surface area contributed by atoms with Gasteiger partial charge in [-0.25, -0.2) is 0 Å². The fourth-order valence-corrected chi connectivity index (χ4v) is 12.4. The number of carbonyl (C=O) groups excluding carboxylic acids is 1. The molecule has 0 bridgehead atoms. The minimum absolute atomic E-state index is 0.0661. The van der Waals surface area contributed by atoms with E-state index in [0.29, 0.717) is 48.6 Å². The molecule has 0 aromatic rings. The third-order valence-corrected chi connectivity index (χ3v) is 14.6. The van der Waals surface area contributed by atoms with Crippen molar-refractivity contribution in [2.24, 2.45) is 56.7 Å². The van der Waals surface area contributed by atoms with E-state index >= 15 is 0 Å². The molecule has 4 heteroatoms. The number of aliphatic hydroxyl groups is 2. The van der Waals surface area contributed by atoms with Crippen molar-refractivity contribution in [2.45, 2.75) is 105 Å². The van der Waals surface area contributed by atoms with E-state index in [0.717, 1.165) is 51.4 Å². The Balaban J connectivity index is 1.55. The molecule has 4 nitrogen and oxygen atoms in total. The van der Waals surface area contributed by atoms with Crippen molar-refractivity contribution >= 4 is 5.91 Å². The lowest BCUT2D eigenvalue weighted by atomic mass is 9.32. The van der Waals surface area contributed by atoms with Gasteiger partial charge in [-0.05, 0) is 117 Å². The molecule has 5 saturated carbocycles. The molecule has 0 aromatic carbocycles. The number of aliphatic hydroxyl groups excluding tert-OH is 2. The number of hydrogen-bond acceptors (Lipinski definition) is 3. The van der Waals surface area contributed by atoms with Crippen LogP contribution in [0.15, 0.2) is 37.5 Å². The minimum Gasteiger partial charge on any atom is -0.396 e. The minimum atomic E-state index is -0.420. The van der Waals surface area contributed by atoms with Gasteiger partial charge >= 0.3 is 0 Å². The molecule has 0 heterocycles. The number of amides is 1. The molecule has 0 aromatic heterocycles. The van der Waals surface area contributed by atoms with Crippen LogP contribution in [0.3, 0.4) is 0 Å². The number of fused-ring (bicyclic) bond motifs is 7. The Morgan fingerprint density at radius 2 is 1.55 bits per heavy atom. The summed E-state index contributed by atoms with van der Waals surface area (Å²) in [6.07, 6.45) is 13.8. The number of rotatable bonds is 7. The van der Waals surface area contributed by atoms with Gasteiger partial charge < -0.3 is 15.1 Å². The monoisotopic (exact) mass is 551 g/mol. The van der Waals surface area contributed by atoms with E-state index in [1.165, 1.54) is 18.4 Å². The Kier molecular flexibility index (Phi) is 7.60. The number of carbonyl (C=O) groups is 1. The molecule has 4 unspecified atom stereocenters. The SMILES string of the molecule is C=CCN(CC=C)C(=O)[C@]12CC[C@@H](C(=C)C)C1C1CCC3[C@@]4(C)CC[C@H](O)[C@@](C)(CO)C4CC[C@@]3(C)[C@]1(C)CC2. The van der Waals surface area contributed by atoms with Gasteiger partial charge in [0.1, 0.15) is 0 Å². The van der Waals surface area contributed by atoms with Gasteiger partial charge in [0, 0.05) is 18.5 Å². The molecular formula is C36H57NO3. The highest BCUT2D eigenvalue weighted by Gasteiger charge is 2.72. The van der Waals surface area contributed by atoms with E-state index in [-0.39, 0.29) is 28.3 Å². The summed E-state index contributed by atoms with van der Waals surface area (Å²) < 4.78 is 0. The summed E-state index contributed by atoms with van der Waals surface area (Å²) in [7, 11) is 0. The Morgan fingerprint density at radius 3 is 2.15 bits per heavy atom. The molecule has 11 atom stereocenters. The van der Waals surface area contributed by atoms with Crippen LogP contribution in [-0.2, 0) is 4.79 Å². The maximum absolute atomic E-state index is 14.5. The van der Waals surface area contributed by atoms with Gasteiger partial charge in [0.25, 0.3) is 0 Å². The lowest BCUT2D eigenvalue weighted by Crippen LogP contribution is -2.68. The summed E-state index contributed by atoms with van der Waals surface area (Å²) in [5.41, 5.74) is 0.982. The van der Waals surface area contributed by atoms with Crippen LogP contribution in [0.2, 0.25) is 0 Å². The van der Waals surface area contributed by atoms with Gasteiger partial charge in [0.15, 0.2) is 0 Å². The fourth-order valence-electron chi connectivity index (χ4n) is 12.4. The Hall–Kier alpha value is -1.39. The van der Waals surface area contributed by atoms with Gasteiger partial charge in [-0.3, -0.25) is 4.79 Å². The van der Waals surface area contributed by atoms with E-state index in [4.69, 9.17) is 0 Å². The lowest BCUT2D eigenvalue weighted by molar-refractivity contribution is -0.253. The van der Waals surface area contributed by atoms with Gasteiger partial charge in [0.2, 0.25) is 5.91 Å². The van der Waals surface area contributed by atoms with Crippen LogP contribution in [-0.4, -0.2) is 46.8 Å². The van der Waals surface area contributed by atoms with Crippen molar-refractivity contribution in [1.29, 1.82) is 0 Å². The highest BCUT2D eigenvalue weighted by Crippen LogP contribution is 2.77. The lowest BCUT2D eigenvalue weighted by Gasteiger charge is -2.73. The zero-order chi connectivity index (χ0) is 29.3. The predicted octanol–water partition coefficient (Wildman–Crippen LogP) is 7.18. The summed E-state index contributed by atoms with van der Waals surface area (Å²) in [6.45, 7) is 25.7. The van der Waals surface area contributed by atoms with Crippen LogP contribution in [0.4, 0.5) is 0 Å².